The topological polar surface area (TPSA) is 132 Å². The lowest BCUT2D eigenvalue weighted by atomic mass is 10.1. The first-order chi connectivity index (χ1) is 24.3. The third-order valence-corrected chi connectivity index (χ3v) is 8.95. The van der Waals surface area contributed by atoms with Crippen molar-refractivity contribution in [2.24, 2.45) is 0 Å². The van der Waals surface area contributed by atoms with E-state index < -0.39 is 45.8 Å². The maximum Gasteiger partial charge on any atom is 0.472 e. The zero-order valence-electron chi connectivity index (χ0n) is 31.6. The molecule has 0 aromatic rings. The number of carbonyl (C=O) groups is 1. The van der Waals surface area contributed by atoms with Crippen molar-refractivity contribution < 1.29 is 43.0 Å². The van der Waals surface area contributed by atoms with E-state index in [-0.39, 0.29) is 13.0 Å². The SMILES string of the molecule is CC/C=C\C/C=C\C/C=C\CCCCCC(=O)OC(COCCCCCCCC/C=C\CCCCCCCC)COP(=O)(O)OCC(O)CO. The van der Waals surface area contributed by atoms with E-state index in [0.717, 1.165) is 64.2 Å². The number of aliphatic hydroxyl groups excluding tert-OH is 2. The van der Waals surface area contributed by atoms with Gasteiger partial charge in [-0.2, -0.15) is 0 Å². The molecule has 0 aromatic heterocycles. The largest absolute Gasteiger partial charge is 0.472 e. The third-order valence-electron chi connectivity index (χ3n) is 8.00. The molecule has 0 spiro atoms. The van der Waals surface area contributed by atoms with Gasteiger partial charge in [0.1, 0.15) is 12.2 Å². The van der Waals surface area contributed by atoms with Crippen LogP contribution in [0.15, 0.2) is 48.6 Å². The molecule has 0 saturated carbocycles. The molecule has 0 rings (SSSR count). The number of ether oxygens (including phenoxy) is 2. The average molecular weight is 729 g/mol. The molecule has 3 atom stereocenters. The van der Waals surface area contributed by atoms with Gasteiger partial charge < -0.3 is 24.6 Å². The van der Waals surface area contributed by atoms with Crippen LogP contribution in [0.5, 0.6) is 0 Å². The molecule has 50 heavy (non-hydrogen) atoms. The summed E-state index contributed by atoms with van der Waals surface area (Å²) in [5, 5.41) is 18.3. The summed E-state index contributed by atoms with van der Waals surface area (Å²) < 4.78 is 33.2. The van der Waals surface area contributed by atoms with E-state index in [9.17, 15) is 19.4 Å². The van der Waals surface area contributed by atoms with E-state index in [4.69, 9.17) is 23.6 Å². The van der Waals surface area contributed by atoms with E-state index in [1.807, 2.05) is 0 Å². The number of carbonyl (C=O) groups excluding carboxylic acids is 1. The van der Waals surface area contributed by atoms with Crippen LogP contribution in [0.25, 0.3) is 0 Å². The molecule has 0 aliphatic carbocycles. The summed E-state index contributed by atoms with van der Waals surface area (Å²) in [5.41, 5.74) is 0. The lowest BCUT2D eigenvalue weighted by molar-refractivity contribution is -0.154. The molecular weight excluding hydrogens is 655 g/mol. The number of phosphoric ester groups is 1. The van der Waals surface area contributed by atoms with E-state index in [0.29, 0.717) is 13.0 Å². The highest BCUT2D eigenvalue weighted by Crippen LogP contribution is 2.43. The van der Waals surface area contributed by atoms with Gasteiger partial charge in [0.15, 0.2) is 0 Å². The lowest BCUT2D eigenvalue weighted by Gasteiger charge is -2.20. The molecule has 0 saturated heterocycles. The zero-order valence-corrected chi connectivity index (χ0v) is 32.5. The molecule has 0 aliphatic heterocycles. The summed E-state index contributed by atoms with van der Waals surface area (Å²) in [5.74, 6) is -0.415. The van der Waals surface area contributed by atoms with E-state index in [2.05, 4.69) is 62.5 Å². The van der Waals surface area contributed by atoms with Gasteiger partial charge in [-0.1, -0.05) is 127 Å². The smallest absolute Gasteiger partial charge is 0.457 e. The van der Waals surface area contributed by atoms with Gasteiger partial charge in [-0.25, -0.2) is 4.57 Å². The molecule has 0 fully saturated rings. The second-order valence-corrected chi connectivity index (χ2v) is 14.4. The lowest BCUT2D eigenvalue weighted by Crippen LogP contribution is -2.29. The fraction of sp³-hybridized carbons (Fsp3) is 0.775. The first kappa shape index (κ1) is 48.4. The summed E-state index contributed by atoms with van der Waals surface area (Å²) in [7, 11) is -4.52. The van der Waals surface area contributed by atoms with Gasteiger partial charge in [-0.3, -0.25) is 13.8 Å². The zero-order chi connectivity index (χ0) is 36.8. The second kappa shape index (κ2) is 37.2. The highest BCUT2D eigenvalue weighted by atomic mass is 31.2. The molecule has 292 valence electrons. The van der Waals surface area contributed by atoms with Gasteiger partial charge in [0.05, 0.1) is 26.4 Å². The van der Waals surface area contributed by atoms with Crippen LogP contribution in [-0.2, 0) is 27.9 Å². The summed E-state index contributed by atoms with van der Waals surface area (Å²) in [6.45, 7) is 3.33. The van der Waals surface area contributed by atoms with Crippen LogP contribution in [0.3, 0.4) is 0 Å². The summed E-state index contributed by atoms with van der Waals surface area (Å²) in [6, 6.07) is 0. The van der Waals surface area contributed by atoms with Crippen LogP contribution in [0.1, 0.15) is 155 Å². The van der Waals surface area contributed by atoms with Crippen molar-refractivity contribution in [1.82, 2.24) is 0 Å². The number of rotatable bonds is 37. The molecule has 3 unspecified atom stereocenters. The number of phosphoric acid groups is 1. The molecule has 3 N–H and O–H groups in total. The van der Waals surface area contributed by atoms with E-state index in [1.165, 1.54) is 64.2 Å². The number of allylic oxidation sites excluding steroid dienone is 8. The molecule has 0 aromatic carbocycles. The minimum absolute atomic E-state index is 0.0320. The van der Waals surface area contributed by atoms with E-state index in [1.54, 1.807) is 0 Å². The van der Waals surface area contributed by atoms with Crippen LogP contribution < -0.4 is 0 Å². The Hall–Kier alpha value is -1.58. The Morgan fingerprint density at radius 2 is 1.14 bits per heavy atom. The predicted molar refractivity (Wildman–Crippen MR) is 205 cm³/mol. The van der Waals surface area contributed by atoms with Crippen molar-refractivity contribution in [2.45, 2.75) is 167 Å². The quantitative estimate of drug-likeness (QED) is 0.0247. The van der Waals surface area contributed by atoms with Crippen LogP contribution in [0, 0.1) is 0 Å². The number of unbranched alkanes of at least 4 members (excludes halogenated alkanes) is 15. The number of hydrogen-bond acceptors (Lipinski definition) is 8. The van der Waals surface area contributed by atoms with Crippen molar-refractivity contribution in [1.29, 1.82) is 0 Å². The molecule has 0 amide bonds. The summed E-state index contributed by atoms with van der Waals surface area (Å²) in [6.07, 6.45) is 39.3. The molecule has 0 heterocycles. The van der Waals surface area contributed by atoms with Crippen molar-refractivity contribution in [3.63, 3.8) is 0 Å². The van der Waals surface area contributed by atoms with Crippen molar-refractivity contribution in [3.05, 3.63) is 48.6 Å². The fourth-order valence-electron chi connectivity index (χ4n) is 5.01. The monoisotopic (exact) mass is 728 g/mol. The fourth-order valence-corrected chi connectivity index (χ4v) is 5.80. The average Bonchev–Trinajstić information content (AvgIpc) is 3.10. The van der Waals surface area contributed by atoms with Crippen LogP contribution in [0.4, 0.5) is 0 Å². The molecule has 0 bridgehead atoms. The maximum atomic E-state index is 12.5. The minimum Gasteiger partial charge on any atom is -0.457 e. The second-order valence-electron chi connectivity index (χ2n) is 12.9. The molecule has 0 radical (unpaired) electrons. The Kier molecular flexibility index (Phi) is 36.0. The van der Waals surface area contributed by atoms with Gasteiger partial charge in [0, 0.05) is 13.0 Å². The summed E-state index contributed by atoms with van der Waals surface area (Å²) >= 11 is 0. The molecular formula is C40H73O9P. The minimum atomic E-state index is -4.52. The highest BCUT2D eigenvalue weighted by molar-refractivity contribution is 7.47. The first-order valence-electron chi connectivity index (χ1n) is 19.6. The Morgan fingerprint density at radius 1 is 0.640 bits per heavy atom. The molecule has 9 nitrogen and oxygen atoms in total. The Balaban J connectivity index is 4.27. The number of aliphatic hydroxyl groups is 2. The Labute approximate surface area is 305 Å². The van der Waals surface area contributed by atoms with Crippen LogP contribution in [0.2, 0.25) is 0 Å². The van der Waals surface area contributed by atoms with Crippen LogP contribution >= 0.6 is 7.82 Å². The van der Waals surface area contributed by atoms with Gasteiger partial charge in [0.2, 0.25) is 0 Å². The van der Waals surface area contributed by atoms with Gasteiger partial charge >= 0.3 is 13.8 Å². The Morgan fingerprint density at radius 3 is 1.74 bits per heavy atom. The van der Waals surface area contributed by atoms with Crippen molar-refractivity contribution in [2.75, 3.05) is 33.0 Å². The third kappa shape index (κ3) is 36.2. The predicted octanol–water partition coefficient (Wildman–Crippen LogP) is 10.2. The van der Waals surface area contributed by atoms with Crippen LogP contribution in [-0.4, -0.2) is 66.3 Å². The van der Waals surface area contributed by atoms with Gasteiger partial charge in [-0.05, 0) is 70.6 Å². The number of hydrogen-bond donors (Lipinski definition) is 3. The van der Waals surface area contributed by atoms with Crippen molar-refractivity contribution >= 4 is 13.8 Å². The van der Waals surface area contributed by atoms with Gasteiger partial charge in [-0.15, -0.1) is 0 Å². The summed E-state index contributed by atoms with van der Waals surface area (Å²) in [4.78, 5) is 22.5. The first-order valence-corrected chi connectivity index (χ1v) is 21.1. The maximum absolute atomic E-state index is 12.5. The Bertz CT molecular complexity index is 919. The normalized spacial score (nSPS) is 14.7. The van der Waals surface area contributed by atoms with E-state index >= 15 is 0 Å². The van der Waals surface area contributed by atoms with Crippen molar-refractivity contribution in [3.8, 4) is 0 Å². The van der Waals surface area contributed by atoms with Gasteiger partial charge in [0.25, 0.3) is 0 Å². The molecule has 10 heteroatoms. The standard InChI is InChI=1S/C40H73O9P/c1-3-5-7-9-11-13-15-17-18-19-21-23-25-27-29-31-33-46-36-39(37-48-50(44,45)47-35-38(42)34-41)49-40(43)32-30-28-26-24-22-20-16-14-12-10-8-6-4-2/h6,8,12,14,17-18,20,22,38-39,41-42H,3-5,7,9-11,13,15-16,19,21,23-37H2,1-2H3,(H,44,45)/b8-6-,14-12-,18-17-,22-20-. The highest BCUT2D eigenvalue weighted by Gasteiger charge is 2.26. The number of esters is 1. The molecule has 0 aliphatic rings.